The van der Waals surface area contributed by atoms with Gasteiger partial charge >= 0.3 is 0 Å². The molecule has 1 heteroatoms. The highest BCUT2D eigenvalue weighted by Crippen LogP contribution is 2.30. The lowest BCUT2D eigenvalue weighted by Crippen LogP contribution is -2.19. The Balaban J connectivity index is 1.67. The monoisotopic (exact) mass is 257 g/mol. The molecule has 2 rings (SSSR count). The molecule has 2 atom stereocenters. The molecule has 1 aromatic carbocycles. The van der Waals surface area contributed by atoms with E-state index in [-0.39, 0.29) is 5.92 Å². The Morgan fingerprint density at radius 3 is 2.68 bits per heavy atom. The van der Waals surface area contributed by atoms with Crippen LogP contribution in [0.1, 0.15) is 50.5 Å². The van der Waals surface area contributed by atoms with Crippen LogP contribution < -0.4 is 0 Å². The number of hydrogen-bond donors (Lipinski definition) is 0. The Labute approximate surface area is 117 Å². The standard InChI is InChI=1S/C18H25O/c19-15-18(17-12-5-2-6-13-17)14-8-7-11-16-9-3-1-4-10-16/h1,3-4,9-10,12,15,17-18H,2,5-8,11,13-14H2. The van der Waals surface area contributed by atoms with E-state index in [0.717, 1.165) is 12.8 Å². The Hall–Kier alpha value is -1.11. The average Bonchev–Trinajstić information content (AvgIpc) is 2.49. The minimum Gasteiger partial charge on any atom is -0.303 e. The van der Waals surface area contributed by atoms with E-state index in [0.29, 0.717) is 5.92 Å². The summed E-state index contributed by atoms with van der Waals surface area (Å²) >= 11 is 0. The Kier molecular flexibility index (Phi) is 6.13. The fourth-order valence-corrected chi connectivity index (χ4v) is 3.10. The van der Waals surface area contributed by atoms with Crippen LogP contribution in [0.2, 0.25) is 0 Å². The molecule has 0 aliphatic heterocycles. The first-order valence-electron chi connectivity index (χ1n) is 7.72. The molecule has 1 aromatic rings. The molecule has 1 aliphatic rings. The van der Waals surface area contributed by atoms with Crippen molar-refractivity contribution in [3.63, 3.8) is 0 Å². The summed E-state index contributed by atoms with van der Waals surface area (Å²) in [5.41, 5.74) is 1.41. The lowest BCUT2D eigenvalue weighted by atomic mass is 9.78. The Bertz CT molecular complexity index is 351. The molecular formula is C18H25O. The van der Waals surface area contributed by atoms with Crippen molar-refractivity contribution >= 4 is 6.29 Å². The average molecular weight is 257 g/mol. The van der Waals surface area contributed by atoms with Crippen LogP contribution in [0.15, 0.2) is 30.3 Å². The maximum atomic E-state index is 11.2. The number of hydrogen-bond acceptors (Lipinski definition) is 1. The lowest BCUT2D eigenvalue weighted by molar-refractivity contribution is -0.112. The third-order valence-corrected chi connectivity index (χ3v) is 4.28. The topological polar surface area (TPSA) is 17.1 Å². The first-order chi connectivity index (χ1) is 9.40. The molecule has 0 bridgehead atoms. The van der Waals surface area contributed by atoms with Crippen molar-refractivity contribution in [2.45, 2.75) is 51.4 Å². The van der Waals surface area contributed by atoms with E-state index in [1.807, 2.05) is 0 Å². The van der Waals surface area contributed by atoms with Crippen LogP contribution in [0.4, 0.5) is 0 Å². The van der Waals surface area contributed by atoms with Gasteiger partial charge in [0.1, 0.15) is 6.29 Å². The van der Waals surface area contributed by atoms with Gasteiger partial charge in [0, 0.05) is 5.92 Å². The molecule has 0 amide bonds. The zero-order valence-electron chi connectivity index (χ0n) is 11.8. The van der Waals surface area contributed by atoms with E-state index in [4.69, 9.17) is 0 Å². The van der Waals surface area contributed by atoms with Gasteiger partial charge in [-0.1, -0.05) is 49.6 Å². The summed E-state index contributed by atoms with van der Waals surface area (Å²) in [5, 5.41) is 0. The minimum atomic E-state index is 0.274. The first-order valence-corrected chi connectivity index (χ1v) is 7.72. The molecule has 1 fully saturated rings. The summed E-state index contributed by atoms with van der Waals surface area (Å²) in [6.07, 6.45) is 13.2. The highest BCUT2D eigenvalue weighted by molar-refractivity contribution is 5.54. The van der Waals surface area contributed by atoms with Gasteiger partial charge in [-0.3, -0.25) is 0 Å². The van der Waals surface area contributed by atoms with Gasteiger partial charge in [0.25, 0.3) is 0 Å². The maximum Gasteiger partial charge on any atom is 0.123 e. The first kappa shape index (κ1) is 14.3. The lowest BCUT2D eigenvalue weighted by Gasteiger charge is -2.26. The van der Waals surface area contributed by atoms with Crippen molar-refractivity contribution in [1.29, 1.82) is 0 Å². The molecule has 1 aliphatic carbocycles. The largest absolute Gasteiger partial charge is 0.303 e. The van der Waals surface area contributed by atoms with Crippen LogP contribution in [0.3, 0.4) is 0 Å². The van der Waals surface area contributed by atoms with E-state index in [1.54, 1.807) is 0 Å². The number of aryl methyl sites for hydroxylation is 1. The van der Waals surface area contributed by atoms with Crippen molar-refractivity contribution < 1.29 is 4.79 Å². The second kappa shape index (κ2) is 8.14. The van der Waals surface area contributed by atoms with Crippen LogP contribution in [0.5, 0.6) is 0 Å². The molecule has 1 radical (unpaired) electrons. The molecule has 0 heterocycles. The number of aldehydes is 1. The summed E-state index contributed by atoms with van der Waals surface area (Å²) in [4.78, 5) is 11.2. The predicted molar refractivity (Wildman–Crippen MR) is 79.8 cm³/mol. The van der Waals surface area contributed by atoms with Crippen LogP contribution in [0, 0.1) is 18.3 Å². The van der Waals surface area contributed by atoms with Gasteiger partial charge in [-0.2, -0.15) is 0 Å². The maximum absolute atomic E-state index is 11.2. The summed E-state index contributed by atoms with van der Waals surface area (Å²) < 4.78 is 0. The van der Waals surface area contributed by atoms with Crippen LogP contribution in [0.25, 0.3) is 0 Å². The molecule has 0 saturated heterocycles. The fraction of sp³-hybridized carbons (Fsp3) is 0.556. The van der Waals surface area contributed by atoms with E-state index >= 15 is 0 Å². The molecule has 1 saturated carbocycles. The summed E-state index contributed by atoms with van der Waals surface area (Å²) in [7, 11) is 0. The molecular weight excluding hydrogens is 232 g/mol. The molecule has 103 valence electrons. The van der Waals surface area contributed by atoms with Gasteiger partial charge in [0.05, 0.1) is 0 Å². The Morgan fingerprint density at radius 2 is 2.00 bits per heavy atom. The summed E-state index contributed by atoms with van der Waals surface area (Å²) in [5.74, 6) is 0.832. The van der Waals surface area contributed by atoms with Crippen molar-refractivity contribution in [3.05, 3.63) is 42.3 Å². The molecule has 0 N–H and O–H groups in total. The highest BCUT2D eigenvalue weighted by Gasteiger charge is 2.22. The summed E-state index contributed by atoms with van der Waals surface area (Å²) in [6.45, 7) is 0. The van der Waals surface area contributed by atoms with Crippen molar-refractivity contribution in [1.82, 2.24) is 0 Å². The van der Waals surface area contributed by atoms with Crippen LogP contribution in [-0.2, 0) is 11.2 Å². The van der Waals surface area contributed by atoms with Gasteiger partial charge in [0.15, 0.2) is 0 Å². The number of unbranched alkanes of at least 4 members (excludes halogenated alkanes) is 1. The van der Waals surface area contributed by atoms with Crippen LogP contribution in [-0.4, -0.2) is 6.29 Å². The third-order valence-electron chi connectivity index (χ3n) is 4.28. The third kappa shape index (κ3) is 4.81. The van der Waals surface area contributed by atoms with Gasteiger partial charge in [0.2, 0.25) is 0 Å². The number of rotatable bonds is 7. The molecule has 0 aromatic heterocycles. The zero-order valence-corrected chi connectivity index (χ0v) is 11.8. The fourth-order valence-electron chi connectivity index (χ4n) is 3.10. The Morgan fingerprint density at radius 1 is 1.16 bits per heavy atom. The van der Waals surface area contributed by atoms with Gasteiger partial charge < -0.3 is 4.79 Å². The molecule has 1 nitrogen and oxygen atoms in total. The SMILES string of the molecule is O=CC(CCCCc1ccccc1)C1[CH]CCCC1. The quantitative estimate of drug-likeness (QED) is 0.515. The van der Waals surface area contributed by atoms with Crippen molar-refractivity contribution in [3.8, 4) is 0 Å². The predicted octanol–water partition coefficient (Wildman–Crippen LogP) is 4.61. The smallest absolute Gasteiger partial charge is 0.123 e. The molecule has 2 unspecified atom stereocenters. The van der Waals surface area contributed by atoms with Gasteiger partial charge in [-0.15, -0.1) is 0 Å². The normalized spacial score (nSPS) is 18.1. The van der Waals surface area contributed by atoms with Crippen molar-refractivity contribution in [2.24, 2.45) is 11.8 Å². The van der Waals surface area contributed by atoms with E-state index < -0.39 is 0 Å². The van der Waals surface area contributed by atoms with E-state index in [9.17, 15) is 4.79 Å². The minimum absolute atomic E-state index is 0.274. The number of carbonyl (C=O) groups excluding carboxylic acids is 1. The second-order valence-corrected chi connectivity index (χ2v) is 5.72. The highest BCUT2D eigenvalue weighted by atomic mass is 16.1. The van der Waals surface area contributed by atoms with Crippen LogP contribution >= 0.6 is 0 Å². The summed E-state index contributed by atoms with van der Waals surface area (Å²) in [6, 6.07) is 10.6. The zero-order chi connectivity index (χ0) is 13.3. The van der Waals surface area contributed by atoms with Crippen molar-refractivity contribution in [2.75, 3.05) is 0 Å². The second-order valence-electron chi connectivity index (χ2n) is 5.72. The molecule has 0 spiro atoms. The number of benzene rings is 1. The number of carbonyl (C=O) groups is 1. The van der Waals surface area contributed by atoms with Gasteiger partial charge in [-0.25, -0.2) is 0 Å². The van der Waals surface area contributed by atoms with E-state index in [1.165, 1.54) is 50.4 Å². The van der Waals surface area contributed by atoms with E-state index in [2.05, 4.69) is 36.8 Å². The van der Waals surface area contributed by atoms with Gasteiger partial charge in [-0.05, 0) is 50.0 Å². The molecule has 19 heavy (non-hydrogen) atoms.